The zero-order valence-corrected chi connectivity index (χ0v) is 14.4. The molecular weight excluding hydrogens is 312 g/mol. The number of amides is 1. The zero-order chi connectivity index (χ0) is 16.8. The fraction of sp³-hybridized carbons (Fsp3) is 0.333. The average Bonchev–Trinajstić information content (AvgIpc) is 2.47. The quantitative estimate of drug-likeness (QED) is 0.762. The smallest absolute Gasteiger partial charge is 0.228 e. The minimum atomic E-state index is -0.0250. The van der Waals surface area contributed by atoms with Crippen molar-refractivity contribution < 1.29 is 9.53 Å². The van der Waals surface area contributed by atoms with Gasteiger partial charge in [-0.1, -0.05) is 41.9 Å². The summed E-state index contributed by atoms with van der Waals surface area (Å²) in [6.07, 6.45) is 0.997. The summed E-state index contributed by atoms with van der Waals surface area (Å²) in [5, 5.41) is 0.330. The summed E-state index contributed by atoms with van der Waals surface area (Å²) < 4.78 is 5.93. The number of hydrogen-bond acceptors (Lipinski definition) is 3. The second-order valence-electron chi connectivity index (χ2n) is 5.70. The molecule has 0 saturated carbocycles. The van der Waals surface area contributed by atoms with Crippen LogP contribution in [0.15, 0.2) is 42.5 Å². The van der Waals surface area contributed by atoms with Gasteiger partial charge in [-0.25, -0.2) is 4.98 Å². The zero-order valence-electron chi connectivity index (χ0n) is 13.6. The summed E-state index contributed by atoms with van der Waals surface area (Å²) in [5.41, 5.74) is 1.82. The number of ether oxygens (including phenoxy) is 1. The van der Waals surface area contributed by atoms with Crippen LogP contribution in [0.4, 0.5) is 0 Å². The number of carbonyl (C=O) groups is 1. The number of halogens is 1. The Morgan fingerprint density at radius 2 is 1.96 bits per heavy atom. The van der Waals surface area contributed by atoms with Crippen molar-refractivity contribution >= 4 is 17.5 Å². The predicted molar refractivity (Wildman–Crippen MR) is 91.9 cm³/mol. The van der Waals surface area contributed by atoms with Crippen LogP contribution in [0.2, 0.25) is 5.15 Å². The van der Waals surface area contributed by atoms with Gasteiger partial charge in [0.15, 0.2) is 0 Å². The molecule has 0 saturated heterocycles. The first kappa shape index (κ1) is 17.3. The number of likely N-dealkylation sites (N-methyl/N-ethyl adjacent to an activating group) is 1. The Balaban J connectivity index is 2.04. The van der Waals surface area contributed by atoms with Gasteiger partial charge in [0.1, 0.15) is 10.9 Å². The van der Waals surface area contributed by atoms with E-state index in [0.717, 1.165) is 6.42 Å². The van der Waals surface area contributed by atoms with E-state index in [0.29, 0.717) is 16.6 Å². The highest BCUT2D eigenvalue weighted by Gasteiger charge is 2.11. The van der Waals surface area contributed by atoms with Gasteiger partial charge in [-0.3, -0.25) is 4.79 Å². The maximum Gasteiger partial charge on any atom is 0.228 e. The Morgan fingerprint density at radius 3 is 2.61 bits per heavy atom. The molecule has 1 amide bonds. The first-order valence-corrected chi connectivity index (χ1v) is 7.89. The summed E-state index contributed by atoms with van der Waals surface area (Å²) in [5.74, 6) is 0.609. The lowest BCUT2D eigenvalue weighted by Crippen LogP contribution is -2.24. The molecule has 0 aliphatic rings. The van der Waals surface area contributed by atoms with Gasteiger partial charge in [-0.15, -0.1) is 0 Å². The largest absolute Gasteiger partial charge is 0.490 e. The normalized spacial score (nSPS) is 11.8. The van der Waals surface area contributed by atoms with Crippen LogP contribution in [0.3, 0.4) is 0 Å². The molecule has 1 atom stereocenters. The summed E-state index contributed by atoms with van der Waals surface area (Å²) in [4.78, 5) is 17.5. The number of aromatic nitrogens is 1. The fourth-order valence-electron chi connectivity index (χ4n) is 2.22. The number of pyridine rings is 1. The van der Waals surface area contributed by atoms with E-state index in [9.17, 15) is 4.79 Å². The van der Waals surface area contributed by atoms with Crippen molar-refractivity contribution in [2.75, 3.05) is 14.1 Å². The molecule has 0 radical (unpaired) electrons. The van der Waals surface area contributed by atoms with Crippen LogP contribution in [0.25, 0.3) is 0 Å². The van der Waals surface area contributed by atoms with Gasteiger partial charge in [-0.2, -0.15) is 0 Å². The molecule has 1 aromatic heterocycles. The number of nitrogens with zero attached hydrogens (tertiary/aromatic N) is 2. The van der Waals surface area contributed by atoms with Crippen LogP contribution in [-0.2, 0) is 17.6 Å². The van der Waals surface area contributed by atoms with Crippen molar-refractivity contribution in [1.82, 2.24) is 9.88 Å². The van der Waals surface area contributed by atoms with Crippen LogP contribution >= 0.6 is 11.6 Å². The van der Waals surface area contributed by atoms with Gasteiger partial charge in [0.25, 0.3) is 0 Å². The summed E-state index contributed by atoms with van der Waals surface area (Å²) >= 11 is 6.04. The van der Waals surface area contributed by atoms with Gasteiger partial charge < -0.3 is 9.64 Å². The van der Waals surface area contributed by atoms with Crippen LogP contribution in [0.5, 0.6) is 5.75 Å². The third-order valence-corrected chi connectivity index (χ3v) is 3.55. The molecule has 0 bridgehead atoms. The Hall–Kier alpha value is -2.07. The number of carbonyl (C=O) groups excluding carboxylic acids is 1. The Kier molecular flexibility index (Phi) is 5.99. The molecule has 0 aliphatic carbocycles. The lowest BCUT2D eigenvalue weighted by molar-refractivity contribution is -0.128. The first-order chi connectivity index (χ1) is 10.9. The fourth-order valence-corrected chi connectivity index (χ4v) is 2.43. The van der Waals surface area contributed by atoms with E-state index in [2.05, 4.69) is 17.1 Å². The van der Waals surface area contributed by atoms with Crippen LogP contribution in [-0.4, -0.2) is 36.0 Å². The maximum absolute atomic E-state index is 11.8. The minimum Gasteiger partial charge on any atom is -0.490 e. The summed E-state index contributed by atoms with van der Waals surface area (Å²) in [6, 6.07) is 13.6. The molecule has 5 heteroatoms. The number of benzene rings is 1. The van der Waals surface area contributed by atoms with Crippen LogP contribution in [0, 0.1) is 0 Å². The van der Waals surface area contributed by atoms with Crippen molar-refractivity contribution in [3.05, 3.63) is 58.9 Å². The summed E-state index contributed by atoms with van der Waals surface area (Å²) in [6.45, 7) is 2.01. The molecule has 0 fully saturated rings. The lowest BCUT2D eigenvalue weighted by Gasteiger charge is -2.16. The third-order valence-electron chi connectivity index (χ3n) is 3.36. The lowest BCUT2D eigenvalue weighted by atomic mass is 10.1. The molecule has 4 nitrogen and oxygen atoms in total. The highest BCUT2D eigenvalue weighted by atomic mass is 35.5. The highest BCUT2D eigenvalue weighted by Crippen LogP contribution is 2.20. The second kappa shape index (κ2) is 7.97. The molecule has 2 aromatic rings. The number of rotatable bonds is 6. The van der Waals surface area contributed by atoms with Crippen LogP contribution < -0.4 is 4.74 Å². The van der Waals surface area contributed by atoms with Crippen LogP contribution in [0.1, 0.15) is 18.2 Å². The molecule has 122 valence electrons. The molecule has 0 N–H and O–H groups in total. The maximum atomic E-state index is 11.8. The molecular formula is C18H21ClN2O2. The molecule has 23 heavy (non-hydrogen) atoms. The predicted octanol–water partition coefficient (Wildman–Crippen LogP) is 3.38. The molecule has 1 aromatic carbocycles. The van der Waals surface area contributed by atoms with E-state index >= 15 is 0 Å². The summed E-state index contributed by atoms with van der Waals surface area (Å²) in [7, 11) is 3.43. The monoisotopic (exact) mass is 332 g/mol. The van der Waals surface area contributed by atoms with Crippen molar-refractivity contribution in [2.45, 2.75) is 25.9 Å². The minimum absolute atomic E-state index is 0.00623. The van der Waals surface area contributed by atoms with Gasteiger partial charge in [0.2, 0.25) is 5.91 Å². The van der Waals surface area contributed by atoms with Gasteiger partial charge in [0.05, 0.1) is 18.2 Å². The van der Waals surface area contributed by atoms with E-state index < -0.39 is 0 Å². The van der Waals surface area contributed by atoms with E-state index in [1.807, 2.05) is 25.1 Å². The highest BCUT2D eigenvalue weighted by molar-refractivity contribution is 6.29. The third kappa shape index (κ3) is 5.57. The molecule has 2 rings (SSSR count). The average molecular weight is 333 g/mol. The standard InChI is InChI=1S/C18H21ClN2O2/c1-13(9-14-7-5-4-6-8-14)23-16-10-15(20-17(19)12-16)11-18(22)21(2)3/h4-8,10,12-13H,9,11H2,1-3H3/t13-/m0/s1. The van der Waals surface area contributed by atoms with E-state index in [1.54, 1.807) is 26.2 Å². The SMILES string of the molecule is C[C@@H](Cc1ccccc1)Oc1cc(Cl)nc(CC(=O)N(C)C)c1. The Labute approximate surface area is 142 Å². The van der Waals surface area contributed by atoms with Crippen molar-refractivity contribution in [2.24, 2.45) is 0 Å². The number of hydrogen-bond donors (Lipinski definition) is 0. The Bertz CT molecular complexity index is 659. The second-order valence-corrected chi connectivity index (χ2v) is 6.09. The van der Waals surface area contributed by atoms with Gasteiger partial charge in [-0.05, 0) is 12.5 Å². The van der Waals surface area contributed by atoms with Crippen molar-refractivity contribution in [3.8, 4) is 5.75 Å². The molecule has 0 unspecified atom stereocenters. The van der Waals surface area contributed by atoms with E-state index in [4.69, 9.17) is 16.3 Å². The van der Waals surface area contributed by atoms with Crippen molar-refractivity contribution in [1.29, 1.82) is 0 Å². The van der Waals surface area contributed by atoms with E-state index in [-0.39, 0.29) is 18.4 Å². The van der Waals surface area contributed by atoms with E-state index in [1.165, 1.54) is 10.5 Å². The molecule has 0 aliphatic heterocycles. The van der Waals surface area contributed by atoms with Crippen molar-refractivity contribution in [3.63, 3.8) is 0 Å². The Morgan fingerprint density at radius 1 is 1.26 bits per heavy atom. The van der Waals surface area contributed by atoms with Gasteiger partial charge >= 0.3 is 0 Å². The first-order valence-electron chi connectivity index (χ1n) is 7.51. The molecule has 1 heterocycles. The molecule has 0 spiro atoms. The topological polar surface area (TPSA) is 42.4 Å². The van der Waals surface area contributed by atoms with Gasteiger partial charge in [0, 0.05) is 32.6 Å².